The molecule has 0 aliphatic rings. The van der Waals surface area contributed by atoms with Gasteiger partial charge in [-0.05, 0) is 12.1 Å². The molecule has 0 spiro atoms. The van der Waals surface area contributed by atoms with E-state index in [-0.39, 0.29) is 5.43 Å². The van der Waals surface area contributed by atoms with Gasteiger partial charge in [-0.2, -0.15) is 0 Å². The highest BCUT2D eigenvalue weighted by atomic mass is 16.1. The number of nitrogens with zero attached hydrogens (tertiary/aromatic N) is 2. The SMILES string of the molecule is O=c1c2ccccc2c2cccc3nc(-c4ccccc4)c1n32. The van der Waals surface area contributed by atoms with Gasteiger partial charge in [0.05, 0.1) is 5.52 Å². The summed E-state index contributed by atoms with van der Waals surface area (Å²) in [5.41, 5.74) is 4.22. The zero-order valence-corrected chi connectivity index (χ0v) is 12.2. The molecular formula is C20H12N2O. The Morgan fingerprint density at radius 1 is 0.739 bits per heavy atom. The summed E-state index contributed by atoms with van der Waals surface area (Å²) < 4.78 is 1.98. The topological polar surface area (TPSA) is 34.4 Å². The maximum atomic E-state index is 13.1. The predicted molar refractivity (Wildman–Crippen MR) is 93.1 cm³/mol. The van der Waals surface area contributed by atoms with Gasteiger partial charge in [-0.15, -0.1) is 0 Å². The number of fused-ring (bicyclic) bond motifs is 2. The zero-order chi connectivity index (χ0) is 15.4. The molecule has 0 bridgehead atoms. The summed E-state index contributed by atoms with van der Waals surface area (Å²) in [6.07, 6.45) is 0. The smallest absolute Gasteiger partial charge is 0.212 e. The van der Waals surface area contributed by atoms with Gasteiger partial charge in [-0.1, -0.05) is 60.7 Å². The number of benzene rings is 2. The Morgan fingerprint density at radius 2 is 1.48 bits per heavy atom. The normalized spacial score (nSPS) is 11.7. The fraction of sp³-hybridized carbons (Fsp3) is 0. The second-order valence-corrected chi connectivity index (χ2v) is 5.65. The minimum atomic E-state index is 0.0330. The third-order valence-corrected chi connectivity index (χ3v) is 4.35. The molecule has 0 unspecified atom stereocenters. The van der Waals surface area contributed by atoms with Gasteiger partial charge in [0.25, 0.3) is 0 Å². The van der Waals surface area contributed by atoms with E-state index in [2.05, 4.69) is 0 Å². The molecule has 0 saturated heterocycles. The van der Waals surface area contributed by atoms with Crippen LogP contribution in [0.25, 0.3) is 38.7 Å². The van der Waals surface area contributed by atoms with Crippen LogP contribution in [0.5, 0.6) is 0 Å². The van der Waals surface area contributed by atoms with Crippen molar-refractivity contribution in [3.8, 4) is 11.3 Å². The molecule has 0 saturated carbocycles. The first-order valence-corrected chi connectivity index (χ1v) is 7.55. The number of imidazole rings is 1. The highest BCUT2D eigenvalue weighted by Crippen LogP contribution is 2.29. The van der Waals surface area contributed by atoms with E-state index in [9.17, 15) is 4.79 Å². The van der Waals surface area contributed by atoms with Gasteiger partial charge in [0, 0.05) is 16.3 Å². The van der Waals surface area contributed by atoms with Crippen LogP contribution in [0.15, 0.2) is 77.6 Å². The molecule has 0 atom stereocenters. The van der Waals surface area contributed by atoms with Gasteiger partial charge in [-0.25, -0.2) is 4.98 Å². The van der Waals surface area contributed by atoms with Crippen molar-refractivity contribution in [2.24, 2.45) is 0 Å². The third-order valence-electron chi connectivity index (χ3n) is 4.35. The molecule has 23 heavy (non-hydrogen) atoms. The van der Waals surface area contributed by atoms with E-state index >= 15 is 0 Å². The van der Waals surface area contributed by atoms with Crippen molar-refractivity contribution in [1.29, 1.82) is 0 Å². The maximum absolute atomic E-state index is 13.1. The van der Waals surface area contributed by atoms with E-state index in [0.29, 0.717) is 5.52 Å². The molecule has 3 heterocycles. The fourth-order valence-corrected chi connectivity index (χ4v) is 3.34. The van der Waals surface area contributed by atoms with Gasteiger partial charge in [0.2, 0.25) is 5.43 Å². The summed E-state index contributed by atoms with van der Waals surface area (Å²) in [6.45, 7) is 0. The average Bonchev–Trinajstić information content (AvgIpc) is 3.01. The molecule has 0 fully saturated rings. The van der Waals surface area contributed by atoms with Crippen molar-refractivity contribution in [2.45, 2.75) is 0 Å². The van der Waals surface area contributed by atoms with E-state index in [1.165, 1.54) is 0 Å². The molecule has 0 radical (unpaired) electrons. The third kappa shape index (κ3) is 1.59. The molecule has 108 valence electrons. The number of rotatable bonds is 1. The number of hydrogen-bond donors (Lipinski definition) is 0. The molecule has 0 aliphatic carbocycles. The van der Waals surface area contributed by atoms with Gasteiger partial charge in [0.15, 0.2) is 0 Å². The van der Waals surface area contributed by atoms with Crippen LogP contribution in [0.3, 0.4) is 0 Å². The van der Waals surface area contributed by atoms with Crippen molar-refractivity contribution >= 4 is 27.5 Å². The Bertz CT molecular complexity index is 1220. The molecule has 5 aromatic rings. The van der Waals surface area contributed by atoms with Crippen LogP contribution in [0.2, 0.25) is 0 Å². The maximum Gasteiger partial charge on any atom is 0.212 e. The summed E-state index contributed by atoms with van der Waals surface area (Å²) in [7, 11) is 0. The lowest BCUT2D eigenvalue weighted by molar-refractivity contribution is 1.28. The van der Waals surface area contributed by atoms with Crippen molar-refractivity contribution in [1.82, 2.24) is 9.38 Å². The first-order chi connectivity index (χ1) is 11.3. The molecule has 5 rings (SSSR count). The summed E-state index contributed by atoms with van der Waals surface area (Å²) in [5, 5.41) is 1.71. The Balaban J connectivity index is 2.10. The van der Waals surface area contributed by atoms with E-state index in [4.69, 9.17) is 4.98 Å². The molecule has 0 N–H and O–H groups in total. The lowest BCUT2D eigenvalue weighted by atomic mass is 10.1. The number of pyridine rings is 2. The van der Waals surface area contributed by atoms with Crippen LogP contribution in [-0.2, 0) is 0 Å². The minimum Gasteiger partial charge on any atom is -0.289 e. The summed E-state index contributed by atoms with van der Waals surface area (Å²) in [6, 6.07) is 23.6. The quantitative estimate of drug-likeness (QED) is 0.436. The number of aromatic nitrogens is 2. The van der Waals surface area contributed by atoms with E-state index < -0.39 is 0 Å². The zero-order valence-electron chi connectivity index (χ0n) is 12.2. The molecule has 0 amide bonds. The Hall–Kier alpha value is -3.20. The van der Waals surface area contributed by atoms with Crippen molar-refractivity contribution in [2.75, 3.05) is 0 Å². The summed E-state index contributed by atoms with van der Waals surface area (Å²) in [5.74, 6) is 0. The highest BCUT2D eigenvalue weighted by Gasteiger charge is 2.17. The lowest BCUT2D eigenvalue weighted by Gasteiger charge is -2.06. The summed E-state index contributed by atoms with van der Waals surface area (Å²) >= 11 is 0. The first kappa shape index (κ1) is 12.4. The first-order valence-electron chi connectivity index (χ1n) is 7.55. The van der Waals surface area contributed by atoms with Gasteiger partial charge in [-0.3, -0.25) is 9.20 Å². The van der Waals surface area contributed by atoms with Crippen LogP contribution in [0, 0.1) is 0 Å². The highest BCUT2D eigenvalue weighted by molar-refractivity contribution is 6.02. The Morgan fingerprint density at radius 3 is 2.30 bits per heavy atom. The largest absolute Gasteiger partial charge is 0.289 e. The van der Waals surface area contributed by atoms with Gasteiger partial charge in [0.1, 0.15) is 16.9 Å². The van der Waals surface area contributed by atoms with E-state index in [0.717, 1.165) is 33.2 Å². The monoisotopic (exact) mass is 296 g/mol. The minimum absolute atomic E-state index is 0.0330. The lowest BCUT2D eigenvalue weighted by Crippen LogP contribution is -2.07. The van der Waals surface area contributed by atoms with Crippen molar-refractivity contribution in [3.05, 3.63) is 83.0 Å². The second kappa shape index (κ2) is 4.40. The molecule has 3 heteroatoms. The van der Waals surface area contributed by atoms with E-state index in [1.54, 1.807) is 0 Å². The average molecular weight is 296 g/mol. The van der Waals surface area contributed by atoms with Crippen LogP contribution in [0.1, 0.15) is 0 Å². The van der Waals surface area contributed by atoms with Gasteiger partial charge >= 0.3 is 0 Å². The Kier molecular flexibility index (Phi) is 2.36. The molecule has 3 aromatic heterocycles. The molecule has 3 nitrogen and oxygen atoms in total. The Labute approximate surface area is 131 Å². The standard InChI is InChI=1S/C20H12N2O/c23-20-15-10-5-4-9-14(15)16-11-6-12-17-21-18(19(20)22(16)17)13-7-2-1-3-8-13/h1-12H. The fourth-order valence-electron chi connectivity index (χ4n) is 3.34. The predicted octanol–water partition coefficient (Wildman–Crippen LogP) is 4.11. The molecule has 0 aliphatic heterocycles. The second-order valence-electron chi connectivity index (χ2n) is 5.65. The molecule has 2 aromatic carbocycles. The van der Waals surface area contributed by atoms with Crippen LogP contribution in [-0.4, -0.2) is 9.38 Å². The van der Waals surface area contributed by atoms with Crippen molar-refractivity contribution in [3.63, 3.8) is 0 Å². The van der Waals surface area contributed by atoms with Crippen LogP contribution in [0.4, 0.5) is 0 Å². The van der Waals surface area contributed by atoms with Crippen LogP contribution < -0.4 is 5.43 Å². The number of hydrogen-bond acceptors (Lipinski definition) is 2. The van der Waals surface area contributed by atoms with Crippen LogP contribution >= 0.6 is 0 Å². The summed E-state index contributed by atoms with van der Waals surface area (Å²) in [4.78, 5) is 17.8. The van der Waals surface area contributed by atoms with Crippen molar-refractivity contribution < 1.29 is 0 Å². The van der Waals surface area contributed by atoms with Gasteiger partial charge < -0.3 is 0 Å². The van der Waals surface area contributed by atoms with E-state index in [1.807, 2.05) is 77.2 Å². The molecular weight excluding hydrogens is 284 g/mol.